The molecule has 26 heavy (non-hydrogen) atoms. The van der Waals surface area contributed by atoms with Crippen LogP contribution in [0.2, 0.25) is 0 Å². The Morgan fingerprint density at radius 2 is 2.27 bits per heavy atom. The Kier molecular flexibility index (Phi) is 5.93. The molecule has 2 N–H and O–H groups in total. The SMILES string of the molecule is CC1(CNS(=O)(=O)c2cccnc2N2CC=C(CO)CC2)COCCO1. The molecule has 0 aromatic carbocycles. The monoisotopic (exact) mass is 383 g/mol. The fourth-order valence-corrected chi connectivity index (χ4v) is 4.31. The van der Waals surface area contributed by atoms with Crippen LogP contribution in [0.5, 0.6) is 0 Å². The lowest BCUT2D eigenvalue weighted by atomic mass is 10.1. The zero-order valence-electron chi connectivity index (χ0n) is 14.8. The number of nitrogens with zero attached hydrogens (tertiary/aromatic N) is 2. The number of rotatable bonds is 6. The second-order valence-corrected chi connectivity index (χ2v) is 8.45. The normalized spacial score (nSPS) is 24.4. The van der Waals surface area contributed by atoms with Crippen molar-refractivity contribution in [3.63, 3.8) is 0 Å². The smallest absolute Gasteiger partial charge is 0.244 e. The largest absolute Gasteiger partial charge is 0.392 e. The molecule has 1 unspecified atom stereocenters. The summed E-state index contributed by atoms with van der Waals surface area (Å²) in [7, 11) is -3.76. The molecule has 3 heterocycles. The maximum atomic E-state index is 12.9. The van der Waals surface area contributed by atoms with E-state index in [1.807, 2.05) is 17.9 Å². The van der Waals surface area contributed by atoms with Gasteiger partial charge in [0.05, 0.1) is 26.4 Å². The van der Waals surface area contributed by atoms with E-state index in [-0.39, 0.29) is 18.0 Å². The summed E-state index contributed by atoms with van der Waals surface area (Å²) in [6.45, 7) is 4.42. The van der Waals surface area contributed by atoms with Crippen LogP contribution in [0.25, 0.3) is 0 Å². The zero-order valence-corrected chi connectivity index (χ0v) is 15.7. The van der Waals surface area contributed by atoms with Gasteiger partial charge in [-0.1, -0.05) is 6.08 Å². The van der Waals surface area contributed by atoms with Crippen molar-refractivity contribution in [2.75, 3.05) is 51.0 Å². The Balaban J connectivity index is 1.77. The van der Waals surface area contributed by atoms with E-state index >= 15 is 0 Å². The van der Waals surface area contributed by atoms with Crippen LogP contribution >= 0.6 is 0 Å². The third-order valence-electron chi connectivity index (χ3n) is 4.57. The van der Waals surface area contributed by atoms with Crippen LogP contribution in [0.1, 0.15) is 13.3 Å². The fourth-order valence-electron chi connectivity index (χ4n) is 2.98. The molecule has 9 heteroatoms. The number of ether oxygens (including phenoxy) is 2. The van der Waals surface area contributed by atoms with Gasteiger partial charge in [-0.2, -0.15) is 0 Å². The molecule has 0 saturated carbocycles. The third kappa shape index (κ3) is 4.41. The van der Waals surface area contributed by atoms with Crippen molar-refractivity contribution in [2.45, 2.75) is 23.8 Å². The van der Waals surface area contributed by atoms with E-state index in [0.29, 0.717) is 45.1 Å². The number of hydrogen-bond donors (Lipinski definition) is 2. The lowest BCUT2D eigenvalue weighted by Crippen LogP contribution is -2.49. The quantitative estimate of drug-likeness (QED) is 0.681. The number of sulfonamides is 1. The van der Waals surface area contributed by atoms with Crippen LogP contribution in [0.4, 0.5) is 5.82 Å². The van der Waals surface area contributed by atoms with Crippen LogP contribution in [-0.2, 0) is 19.5 Å². The fraction of sp³-hybridized carbons (Fsp3) is 0.588. The summed E-state index contributed by atoms with van der Waals surface area (Å²) in [5.74, 6) is 0.416. The van der Waals surface area contributed by atoms with E-state index in [1.165, 1.54) is 0 Å². The summed E-state index contributed by atoms with van der Waals surface area (Å²) in [6.07, 6.45) is 4.18. The Morgan fingerprint density at radius 3 is 2.92 bits per heavy atom. The minimum absolute atomic E-state index is 0.0312. The van der Waals surface area contributed by atoms with Gasteiger partial charge >= 0.3 is 0 Å². The van der Waals surface area contributed by atoms with Gasteiger partial charge in [-0.3, -0.25) is 0 Å². The van der Waals surface area contributed by atoms with Crippen molar-refractivity contribution in [1.82, 2.24) is 9.71 Å². The molecule has 0 aliphatic carbocycles. The molecule has 1 aromatic rings. The van der Waals surface area contributed by atoms with Crippen LogP contribution in [0.3, 0.4) is 0 Å². The van der Waals surface area contributed by atoms with Gasteiger partial charge in [-0.05, 0) is 31.1 Å². The molecule has 144 valence electrons. The predicted octanol–water partition coefficient (Wildman–Crippen LogP) is 0.294. The Hall–Kier alpha value is -1.52. The molecular formula is C17H25N3O5S. The standard InChI is InChI=1S/C17H25N3O5S/c1-17(13-24-9-10-25-17)12-19-26(22,23)15-3-2-6-18-16(15)20-7-4-14(11-21)5-8-20/h2-4,6,19,21H,5,7-13H2,1H3. The zero-order chi connectivity index (χ0) is 18.6. The van der Waals surface area contributed by atoms with E-state index in [0.717, 1.165) is 5.57 Å². The van der Waals surface area contributed by atoms with Crippen LogP contribution in [0, 0.1) is 0 Å². The summed E-state index contributed by atoms with van der Waals surface area (Å²) in [4.78, 5) is 6.33. The van der Waals surface area contributed by atoms with Gasteiger partial charge < -0.3 is 19.5 Å². The molecule has 8 nitrogen and oxygen atoms in total. The molecule has 1 fully saturated rings. The number of pyridine rings is 1. The van der Waals surface area contributed by atoms with Gasteiger partial charge in [0.2, 0.25) is 10.0 Å². The Morgan fingerprint density at radius 1 is 1.42 bits per heavy atom. The van der Waals surface area contributed by atoms with Gasteiger partial charge in [0.15, 0.2) is 0 Å². The minimum atomic E-state index is -3.76. The summed E-state index contributed by atoms with van der Waals surface area (Å²) in [5, 5.41) is 9.22. The first kappa shape index (κ1) is 19.2. The van der Waals surface area contributed by atoms with E-state index in [4.69, 9.17) is 9.47 Å². The lowest BCUT2D eigenvalue weighted by molar-refractivity contribution is -0.143. The summed E-state index contributed by atoms with van der Waals surface area (Å²) in [5.41, 5.74) is 0.277. The molecule has 3 rings (SSSR count). The van der Waals surface area contributed by atoms with Crippen molar-refractivity contribution in [3.05, 3.63) is 30.0 Å². The lowest BCUT2D eigenvalue weighted by Gasteiger charge is -2.34. The highest BCUT2D eigenvalue weighted by atomic mass is 32.2. The molecule has 0 radical (unpaired) electrons. The van der Waals surface area contributed by atoms with Crippen molar-refractivity contribution in [2.24, 2.45) is 0 Å². The molecule has 1 aromatic heterocycles. The van der Waals surface area contributed by atoms with Gasteiger partial charge in [0, 0.05) is 25.8 Å². The van der Waals surface area contributed by atoms with Crippen LogP contribution in [-0.4, -0.2) is 70.2 Å². The van der Waals surface area contributed by atoms with Crippen molar-refractivity contribution < 1.29 is 23.0 Å². The first-order valence-electron chi connectivity index (χ1n) is 8.64. The minimum Gasteiger partial charge on any atom is -0.392 e. The highest BCUT2D eigenvalue weighted by molar-refractivity contribution is 7.89. The molecule has 2 aliphatic heterocycles. The maximum absolute atomic E-state index is 12.9. The molecule has 0 bridgehead atoms. The summed E-state index contributed by atoms with van der Waals surface area (Å²) < 4.78 is 39.4. The third-order valence-corrected chi connectivity index (χ3v) is 5.99. The first-order chi connectivity index (χ1) is 12.4. The molecule has 1 saturated heterocycles. The van der Waals surface area contributed by atoms with E-state index in [2.05, 4.69) is 9.71 Å². The number of aromatic nitrogens is 1. The van der Waals surface area contributed by atoms with Gasteiger partial charge in [-0.25, -0.2) is 18.1 Å². The van der Waals surface area contributed by atoms with Crippen molar-refractivity contribution in [1.29, 1.82) is 0 Å². The predicted molar refractivity (Wildman–Crippen MR) is 96.6 cm³/mol. The van der Waals surface area contributed by atoms with E-state index in [9.17, 15) is 13.5 Å². The van der Waals surface area contributed by atoms with Crippen molar-refractivity contribution in [3.8, 4) is 0 Å². The second-order valence-electron chi connectivity index (χ2n) is 6.72. The highest BCUT2D eigenvalue weighted by Gasteiger charge is 2.32. The summed E-state index contributed by atoms with van der Waals surface area (Å²) >= 11 is 0. The average Bonchev–Trinajstić information content (AvgIpc) is 2.67. The number of nitrogens with one attached hydrogen (secondary N) is 1. The molecule has 1 atom stereocenters. The maximum Gasteiger partial charge on any atom is 0.244 e. The number of anilines is 1. The van der Waals surface area contributed by atoms with Crippen LogP contribution < -0.4 is 9.62 Å². The highest BCUT2D eigenvalue weighted by Crippen LogP contribution is 2.25. The first-order valence-corrected chi connectivity index (χ1v) is 10.1. The Bertz CT molecular complexity index is 759. The van der Waals surface area contributed by atoms with E-state index < -0.39 is 15.6 Å². The molecular weight excluding hydrogens is 358 g/mol. The number of aliphatic hydroxyl groups is 1. The van der Waals surface area contributed by atoms with Gasteiger partial charge in [-0.15, -0.1) is 0 Å². The summed E-state index contributed by atoms with van der Waals surface area (Å²) in [6, 6.07) is 3.16. The molecule has 0 amide bonds. The topological polar surface area (TPSA) is 101 Å². The average molecular weight is 383 g/mol. The number of aliphatic hydroxyl groups excluding tert-OH is 1. The van der Waals surface area contributed by atoms with E-state index in [1.54, 1.807) is 18.3 Å². The number of hydrogen-bond acceptors (Lipinski definition) is 7. The second kappa shape index (κ2) is 8.01. The van der Waals surface area contributed by atoms with Crippen molar-refractivity contribution >= 4 is 15.8 Å². The Labute approximate surface area is 153 Å². The molecule has 2 aliphatic rings. The van der Waals surface area contributed by atoms with Gasteiger partial charge in [0.25, 0.3) is 0 Å². The molecule has 0 spiro atoms. The van der Waals surface area contributed by atoms with Crippen LogP contribution in [0.15, 0.2) is 34.9 Å². The van der Waals surface area contributed by atoms with Gasteiger partial charge in [0.1, 0.15) is 16.3 Å².